The van der Waals surface area contributed by atoms with E-state index in [4.69, 9.17) is 10.5 Å². The number of nitrogens with two attached hydrogens (primary N) is 1. The number of hydrogen-bond acceptors (Lipinski definition) is 8. The van der Waals surface area contributed by atoms with Gasteiger partial charge in [-0.25, -0.2) is 0 Å². The van der Waals surface area contributed by atoms with Gasteiger partial charge >= 0.3 is 0 Å². The number of nitro benzene ring substituents is 1. The lowest BCUT2D eigenvalue weighted by Gasteiger charge is -2.13. The normalized spacial score (nSPS) is 18.2. The van der Waals surface area contributed by atoms with Gasteiger partial charge in [0.2, 0.25) is 11.6 Å². The van der Waals surface area contributed by atoms with Gasteiger partial charge in [-0.15, -0.1) is 0 Å². The molecule has 2 aromatic rings. The first kappa shape index (κ1) is 19.2. The molecule has 1 atom stereocenters. The quantitative estimate of drug-likeness (QED) is 0.508. The maximum Gasteiger partial charge on any atom is 0.277 e. The van der Waals surface area contributed by atoms with E-state index in [9.17, 15) is 23.6 Å². The van der Waals surface area contributed by atoms with Crippen molar-refractivity contribution < 1.29 is 23.2 Å². The summed E-state index contributed by atoms with van der Waals surface area (Å²) in [7, 11) is -4.25. The molecule has 2 aromatic carbocycles. The Labute approximate surface area is 160 Å². The van der Waals surface area contributed by atoms with Gasteiger partial charge in [-0.2, -0.15) is 18.4 Å². The highest BCUT2D eigenvalue weighted by Crippen LogP contribution is 2.30. The summed E-state index contributed by atoms with van der Waals surface area (Å²) in [6.07, 6.45) is -0.907. The van der Waals surface area contributed by atoms with Crippen molar-refractivity contribution in [2.24, 2.45) is 10.8 Å². The average Bonchev–Trinajstić information content (AvgIpc) is 2.95. The fourth-order valence-corrected chi connectivity index (χ4v) is 3.69. The van der Waals surface area contributed by atoms with E-state index in [1.165, 1.54) is 19.1 Å². The van der Waals surface area contributed by atoms with Gasteiger partial charge in [-0.1, -0.05) is 36.4 Å². The lowest BCUT2D eigenvalue weighted by molar-refractivity contribution is -0.385. The van der Waals surface area contributed by atoms with Crippen LogP contribution in [0.3, 0.4) is 0 Å². The zero-order chi connectivity index (χ0) is 20.5. The van der Waals surface area contributed by atoms with Crippen LogP contribution in [-0.4, -0.2) is 24.2 Å². The molecule has 0 spiro atoms. The molecule has 4 N–H and O–H groups in total. The summed E-state index contributed by atoms with van der Waals surface area (Å²) in [6, 6.07) is 12.1. The van der Waals surface area contributed by atoms with Gasteiger partial charge in [-0.3, -0.25) is 10.1 Å². The first-order valence-corrected chi connectivity index (χ1v) is 9.44. The first-order chi connectivity index (χ1) is 13.2. The summed E-state index contributed by atoms with van der Waals surface area (Å²) in [4.78, 5) is 11.9. The molecule has 146 valence electrons. The molecule has 11 heteroatoms. The third-order valence-corrected chi connectivity index (χ3v) is 5.38. The number of sulfonamides is 1. The highest BCUT2D eigenvalue weighted by Gasteiger charge is 2.34. The van der Waals surface area contributed by atoms with Crippen LogP contribution in [0.2, 0.25) is 0 Å². The second kappa shape index (κ2) is 7.19. The van der Waals surface area contributed by atoms with Crippen molar-refractivity contribution in [3.05, 3.63) is 81.4 Å². The zero-order valence-corrected chi connectivity index (χ0v) is 15.4. The number of hydrazone groups is 1. The van der Waals surface area contributed by atoms with E-state index >= 15 is 0 Å². The van der Waals surface area contributed by atoms with Crippen molar-refractivity contribution in [3.8, 4) is 0 Å². The maximum atomic E-state index is 12.6. The smallest absolute Gasteiger partial charge is 0.277 e. The van der Waals surface area contributed by atoms with Crippen molar-refractivity contribution in [1.82, 2.24) is 4.83 Å². The molecule has 0 amide bonds. The summed E-state index contributed by atoms with van der Waals surface area (Å²) in [5.41, 5.74) is 5.98. The number of hydrogen-bond donors (Lipinski definition) is 3. The standard InChI is InChI=1S/C17H16N4O6S/c1-10-7-8-12(21(23)24)9-13(10)28(25,26)20-19-14-15(22)17(18)27-16(14)11-5-3-2-4-6-11/h2-9,16,20,22H,18H2,1H3/t16-/m0/s1. The highest BCUT2D eigenvalue weighted by molar-refractivity contribution is 7.89. The Morgan fingerprint density at radius 1 is 1.25 bits per heavy atom. The lowest BCUT2D eigenvalue weighted by Crippen LogP contribution is -2.23. The summed E-state index contributed by atoms with van der Waals surface area (Å²) in [6.45, 7) is 1.49. The number of non-ortho nitro benzene ring substituents is 1. The van der Waals surface area contributed by atoms with Crippen molar-refractivity contribution >= 4 is 21.4 Å². The molecule has 0 aromatic heterocycles. The highest BCUT2D eigenvalue weighted by atomic mass is 32.2. The summed E-state index contributed by atoms with van der Waals surface area (Å²) < 4.78 is 30.6. The van der Waals surface area contributed by atoms with Crippen LogP contribution in [0.1, 0.15) is 17.2 Å². The average molecular weight is 404 g/mol. The Morgan fingerprint density at radius 3 is 2.57 bits per heavy atom. The van der Waals surface area contributed by atoms with Gasteiger partial charge in [0.05, 0.1) is 9.82 Å². The maximum absolute atomic E-state index is 12.6. The first-order valence-electron chi connectivity index (χ1n) is 7.96. The summed E-state index contributed by atoms with van der Waals surface area (Å²) >= 11 is 0. The predicted octanol–water partition coefficient (Wildman–Crippen LogP) is 1.99. The van der Waals surface area contributed by atoms with E-state index in [-0.39, 0.29) is 22.2 Å². The van der Waals surface area contributed by atoms with Crippen LogP contribution in [-0.2, 0) is 14.8 Å². The molecule has 0 fully saturated rings. The number of aryl methyl sites for hydroxylation is 1. The second-order valence-electron chi connectivity index (χ2n) is 5.92. The SMILES string of the molecule is Cc1ccc([N+](=O)[O-])cc1S(=O)(=O)NN=C1C(O)=C(N)O[C@H]1c1ccccc1. The van der Waals surface area contributed by atoms with Crippen LogP contribution in [0.25, 0.3) is 0 Å². The third kappa shape index (κ3) is 3.60. The van der Waals surface area contributed by atoms with Crippen LogP contribution < -0.4 is 10.6 Å². The fraction of sp³-hybridized carbons (Fsp3) is 0.118. The summed E-state index contributed by atoms with van der Waals surface area (Å²) in [5.74, 6) is -0.786. The van der Waals surface area contributed by atoms with Crippen LogP contribution in [0, 0.1) is 17.0 Å². The molecule has 0 saturated heterocycles. The Morgan fingerprint density at radius 2 is 1.93 bits per heavy atom. The lowest BCUT2D eigenvalue weighted by atomic mass is 10.1. The van der Waals surface area contributed by atoms with Gasteiger partial charge in [-0.05, 0) is 18.1 Å². The van der Waals surface area contributed by atoms with Crippen LogP contribution in [0.4, 0.5) is 5.69 Å². The minimum absolute atomic E-state index is 0.129. The number of aliphatic hydroxyl groups excluding tert-OH is 1. The molecular formula is C17H16N4O6S. The number of ether oxygens (including phenoxy) is 1. The number of benzene rings is 2. The van der Waals surface area contributed by atoms with Gasteiger partial charge in [0.25, 0.3) is 15.7 Å². The van der Waals surface area contributed by atoms with Crippen LogP contribution in [0.15, 0.2) is 70.2 Å². The van der Waals surface area contributed by atoms with Crippen molar-refractivity contribution in [3.63, 3.8) is 0 Å². The minimum Gasteiger partial charge on any atom is -0.502 e. The molecule has 0 bridgehead atoms. The Kier molecular flexibility index (Phi) is 4.92. The van der Waals surface area contributed by atoms with E-state index in [0.29, 0.717) is 11.1 Å². The third-order valence-electron chi connectivity index (χ3n) is 4.03. The number of nitrogens with zero attached hydrogens (tertiary/aromatic N) is 2. The van der Waals surface area contributed by atoms with Gasteiger partial charge < -0.3 is 15.6 Å². The number of nitro groups is 1. The molecule has 28 heavy (non-hydrogen) atoms. The Balaban J connectivity index is 1.97. The molecule has 0 unspecified atom stereocenters. The van der Waals surface area contributed by atoms with Crippen LogP contribution >= 0.6 is 0 Å². The summed E-state index contributed by atoms with van der Waals surface area (Å²) in [5, 5.41) is 24.8. The molecule has 1 heterocycles. The Bertz CT molecular complexity index is 1100. The molecule has 3 rings (SSSR count). The molecule has 1 aliphatic rings. The number of nitrogens with one attached hydrogen (secondary N) is 1. The van der Waals surface area contributed by atoms with Gasteiger partial charge in [0.1, 0.15) is 0 Å². The predicted molar refractivity (Wildman–Crippen MR) is 99.7 cm³/mol. The van der Waals surface area contributed by atoms with Crippen molar-refractivity contribution in [2.75, 3.05) is 0 Å². The molecule has 0 aliphatic carbocycles. The van der Waals surface area contributed by atoms with E-state index < -0.39 is 26.8 Å². The molecule has 0 radical (unpaired) electrons. The number of aliphatic hydroxyl groups is 1. The molecule has 10 nitrogen and oxygen atoms in total. The van der Waals surface area contributed by atoms with Gasteiger partial charge in [0, 0.05) is 12.1 Å². The van der Waals surface area contributed by atoms with E-state index in [2.05, 4.69) is 5.10 Å². The Hall–Kier alpha value is -3.60. The molecule has 1 aliphatic heterocycles. The van der Waals surface area contributed by atoms with E-state index in [1.54, 1.807) is 30.3 Å². The zero-order valence-electron chi connectivity index (χ0n) is 14.6. The number of rotatable bonds is 5. The topological polar surface area (TPSA) is 157 Å². The van der Waals surface area contributed by atoms with Crippen molar-refractivity contribution in [1.29, 1.82) is 0 Å². The minimum atomic E-state index is -4.25. The fourth-order valence-electron chi connectivity index (χ4n) is 2.60. The molecular weight excluding hydrogens is 388 g/mol. The second-order valence-corrected chi connectivity index (χ2v) is 7.55. The van der Waals surface area contributed by atoms with Crippen LogP contribution in [0.5, 0.6) is 0 Å². The van der Waals surface area contributed by atoms with Gasteiger partial charge in [0.15, 0.2) is 11.8 Å². The van der Waals surface area contributed by atoms with E-state index in [0.717, 1.165) is 6.07 Å². The monoisotopic (exact) mass is 404 g/mol. The molecule has 0 saturated carbocycles. The largest absolute Gasteiger partial charge is 0.502 e. The van der Waals surface area contributed by atoms with E-state index in [1.807, 2.05) is 4.83 Å². The van der Waals surface area contributed by atoms with Crippen molar-refractivity contribution in [2.45, 2.75) is 17.9 Å².